The van der Waals surface area contributed by atoms with Gasteiger partial charge >= 0.3 is 0 Å². The fourth-order valence-electron chi connectivity index (χ4n) is 2.44. The van der Waals surface area contributed by atoms with Crippen LogP contribution in [0, 0.1) is 5.82 Å². The number of fused-ring (bicyclic) bond motifs is 2. The minimum Gasteiger partial charge on any atom is -0.304 e. The lowest BCUT2D eigenvalue weighted by Crippen LogP contribution is -1.95. The maximum absolute atomic E-state index is 14.2. The molecule has 1 aromatic carbocycles. The van der Waals surface area contributed by atoms with Crippen LogP contribution in [-0.2, 0) is 6.67 Å². The predicted molar refractivity (Wildman–Crippen MR) is 83.5 cm³/mol. The zero-order valence-corrected chi connectivity index (χ0v) is 12.4. The first-order valence-corrected chi connectivity index (χ1v) is 7.17. The van der Waals surface area contributed by atoms with Crippen LogP contribution in [0.3, 0.4) is 0 Å². The minimum absolute atomic E-state index is 0.0778. The van der Waals surface area contributed by atoms with E-state index in [0.717, 1.165) is 5.39 Å². The Morgan fingerprint density at radius 1 is 1.13 bits per heavy atom. The van der Waals surface area contributed by atoms with Gasteiger partial charge in [0.25, 0.3) is 0 Å². The molecule has 0 aliphatic rings. The third-order valence-electron chi connectivity index (χ3n) is 3.49. The molecule has 23 heavy (non-hydrogen) atoms. The Morgan fingerprint density at radius 3 is 2.83 bits per heavy atom. The molecule has 4 nitrogen and oxygen atoms in total. The van der Waals surface area contributed by atoms with E-state index >= 15 is 0 Å². The van der Waals surface area contributed by atoms with Crippen LogP contribution in [0.4, 0.5) is 8.78 Å². The highest BCUT2D eigenvalue weighted by molar-refractivity contribution is 6.31. The van der Waals surface area contributed by atoms with E-state index in [1.165, 1.54) is 16.7 Å². The van der Waals surface area contributed by atoms with E-state index in [1.54, 1.807) is 30.6 Å². The summed E-state index contributed by atoms with van der Waals surface area (Å²) in [5, 5.41) is 1.39. The van der Waals surface area contributed by atoms with Gasteiger partial charge in [0.2, 0.25) is 0 Å². The molecule has 0 saturated heterocycles. The number of aromatic nitrogens is 4. The second-order valence-electron chi connectivity index (χ2n) is 5.07. The highest BCUT2D eigenvalue weighted by Crippen LogP contribution is 2.23. The van der Waals surface area contributed by atoms with Crippen molar-refractivity contribution in [3.63, 3.8) is 0 Å². The fourth-order valence-corrected chi connectivity index (χ4v) is 2.62. The molecule has 0 radical (unpaired) electrons. The average molecular weight is 331 g/mol. The standard InChI is InChI=1S/C16H9ClF2N4/c17-11-1-2-14-9(3-11)6-20-15(22-14)10-4-13(19)16-21-12(5-18)8-23(16)7-10/h1-4,6-8H,5H2. The monoisotopic (exact) mass is 330 g/mol. The summed E-state index contributed by atoms with van der Waals surface area (Å²) in [4.78, 5) is 12.5. The second-order valence-corrected chi connectivity index (χ2v) is 5.51. The molecule has 0 aliphatic heterocycles. The van der Waals surface area contributed by atoms with Crippen molar-refractivity contribution in [3.8, 4) is 11.4 Å². The average Bonchev–Trinajstić information content (AvgIpc) is 2.98. The zero-order valence-electron chi connectivity index (χ0n) is 11.7. The van der Waals surface area contributed by atoms with Crippen LogP contribution < -0.4 is 0 Å². The Hall–Kier alpha value is -2.60. The van der Waals surface area contributed by atoms with E-state index in [1.807, 2.05) is 0 Å². The quantitative estimate of drug-likeness (QED) is 0.553. The summed E-state index contributed by atoms with van der Waals surface area (Å²) in [5.41, 5.74) is 1.44. The molecule has 0 unspecified atom stereocenters. The third-order valence-corrected chi connectivity index (χ3v) is 3.73. The molecule has 114 valence electrons. The zero-order chi connectivity index (χ0) is 16.0. The normalized spacial score (nSPS) is 11.4. The summed E-state index contributed by atoms with van der Waals surface area (Å²) in [6.45, 7) is -0.746. The van der Waals surface area contributed by atoms with Gasteiger partial charge in [0, 0.05) is 34.6 Å². The summed E-state index contributed by atoms with van der Waals surface area (Å²) in [6, 6.07) is 6.55. The van der Waals surface area contributed by atoms with Gasteiger partial charge in [-0.05, 0) is 24.3 Å². The van der Waals surface area contributed by atoms with Crippen LogP contribution in [0.25, 0.3) is 27.9 Å². The van der Waals surface area contributed by atoms with E-state index in [9.17, 15) is 8.78 Å². The van der Waals surface area contributed by atoms with Crippen molar-refractivity contribution in [2.75, 3.05) is 0 Å². The molecule has 0 N–H and O–H groups in total. The Bertz CT molecular complexity index is 1050. The Balaban J connectivity index is 1.89. The van der Waals surface area contributed by atoms with Crippen LogP contribution in [0.2, 0.25) is 5.02 Å². The van der Waals surface area contributed by atoms with Crippen molar-refractivity contribution in [2.45, 2.75) is 6.67 Å². The first-order chi connectivity index (χ1) is 11.1. The fraction of sp³-hybridized carbons (Fsp3) is 0.0625. The SMILES string of the molecule is FCc1cn2cc(-c3ncc4cc(Cl)ccc4n3)cc(F)c2n1. The van der Waals surface area contributed by atoms with Crippen LogP contribution in [0.1, 0.15) is 5.69 Å². The molecule has 4 aromatic rings. The van der Waals surface area contributed by atoms with Gasteiger partial charge < -0.3 is 4.40 Å². The molecule has 0 fully saturated rings. The summed E-state index contributed by atoms with van der Waals surface area (Å²) in [5.74, 6) is -0.182. The van der Waals surface area contributed by atoms with Gasteiger partial charge in [-0.25, -0.2) is 23.7 Å². The lowest BCUT2D eigenvalue weighted by atomic mass is 10.2. The molecule has 0 atom stereocenters. The number of nitrogens with zero attached hydrogens (tertiary/aromatic N) is 4. The van der Waals surface area contributed by atoms with E-state index < -0.39 is 12.5 Å². The first-order valence-electron chi connectivity index (χ1n) is 6.80. The van der Waals surface area contributed by atoms with Crippen LogP contribution in [0.5, 0.6) is 0 Å². The van der Waals surface area contributed by atoms with Crippen molar-refractivity contribution in [2.24, 2.45) is 0 Å². The van der Waals surface area contributed by atoms with Gasteiger partial charge in [-0.1, -0.05) is 11.6 Å². The molecular weight excluding hydrogens is 322 g/mol. The van der Waals surface area contributed by atoms with Crippen molar-refractivity contribution in [1.82, 2.24) is 19.4 Å². The maximum Gasteiger partial charge on any atom is 0.173 e. The molecule has 7 heteroatoms. The lowest BCUT2D eigenvalue weighted by molar-refractivity contribution is 0.477. The van der Waals surface area contributed by atoms with Crippen molar-refractivity contribution in [1.29, 1.82) is 0 Å². The topological polar surface area (TPSA) is 43.1 Å². The van der Waals surface area contributed by atoms with Crippen LogP contribution >= 0.6 is 11.6 Å². The molecule has 0 aliphatic carbocycles. The minimum atomic E-state index is -0.746. The number of rotatable bonds is 2. The predicted octanol–water partition coefficient (Wildman–Crippen LogP) is 4.21. The van der Waals surface area contributed by atoms with Gasteiger partial charge in [-0.15, -0.1) is 0 Å². The number of alkyl halides is 1. The summed E-state index contributed by atoms with van der Waals surface area (Å²) in [6.07, 6.45) is 4.71. The smallest absolute Gasteiger partial charge is 0.173 e. The van der Waals surface area contributed by atoms with Gasteiger partial charge in [-0.3, -0.25) is 0 Å². The van der Waals surface area contributed by atoms with Crippen molar-refractivity contribution < 1.29 is 8.78 Å². The maximum atomic E-state index is 14.2. The number of pyridine rings is 1. The number of halogens is 3. The third kappa shape index (κ3) is 2.41. The number of hydrogen-bond acceptors (Lipinski definition) is 3. The van der Waals surface area contributed by atoms with Gasteiger partial charge in [0.15, 0.2) is 17.3 Å². The van der Waals surface area contributed by atoms with Crippen molar-refractivity contribution in [3.05, 3.63) is 59.4 Å². The molecule has 0 bridgehead atoms. The highest BCUT2D eigenvalue weighted by atomic mass is 35.5. The molecule has 0 saturated carbocycles. The summed E-state index contributed by atoms with van der Waals surface area (Å²) in [7, 11) is 0. The van der Waals surface area contributed by atoms with E-state index in [0.29, 0.717) is 21.9 Å². The Labute approximate surface area is 134 Å². The highest BCUT2D eigenvalue weighted by Gasteiger charge is 2.11. The Kier molecular flexibility index (Phi) is 3.20. The van der Waals surface area contributed by atoms with Crippen molar-refractivity contribution >= 4 is 28.2 Å². The van der Waals surface area contributed by atoms with Gasteiger partial charge in [0.05, 0.1) is 11.2 Å². The van der Waals surface area contributed by atoms with E-state index in [2.05, 4.69) is 15.0 Å². The summed E-state index contributed by atoms with van der Waals surface area (Å²) >= 11 is 5.93. The van der Waals surface area contributed by atoms with E-state index in [4.69, 9.17) is 11.6 Å². The molecule has 4 rings (SSSR count). The number of hydrogen-bond donors (Lipinski definition) is 0. The second kappa shape index (κ2) is 5.24. The van der Waals surface area contributed by atoms with E-state index in [-0.39, 0.29) is 11.3 Å². The first kappa shape index (κ1) is 14.0. The van der Waals surface area contributed by atoms with Crippen LogP contribution in [0.15, 0.2) is 42.9 Å². The molecule has 0 amide bonds. The lowest BCUT2D eigenvalue weighted by Gasteiger charge is -2.04. The Morgan fingerprint density at radius 2 is 2.00 bits per heavy atom. The molecular formula is C16H9ClF2N4. The molecule has 3 aromatic heterocycles. The molecule has 3 heterocycles. The number of imidazole rings is 1. The largest absolute Gasteiger partial charge is 0.304 e. The van der Waals surface area contributed by atoms with Crippen LogP contribution in [-0.4, -0.2) is 19.4 Å². The van der Waals surface area contributed by atoms with Gasteiger partial charge in [-0.2, -0.15) is 0 Å². The van der Waals surface area contributed by atoms with Gasteiger partial charge in [0.1, 0.15) is 6.67 Å². The molecule has 0 spiro atoms. The number of benzene rings is 1. The summed E-state index contributed by atoms with van der Waals surface area (Å²) < 4.78 is 28.3.